The Kier molecular flexibility index (Phi) is 7.09. The van der Waals surface area contributed by atoms with E-state index in [0.29, 0.717) is 24.6 Å². The van der Waals surface area contributed by atoms with Crippen molar-refractivity contribution in [2.24, 2.45) is 0 Å². The average molecular weight is 527 g/mol. The Bertz CT molecular complexity index is 1700. The summed E-state index contributed by atoms with van der Waals surface area (Å²) in [7, 11) is -4.12. The molecule has 0 aliphatic carbocycles. The van der Waals surface area contributed by atoms with Gasteiger partial charge in [-0.1, -0.05) is 54.6 Å². The van der Waals surface area contributed by atoms with Crippen LogP contribution in [0.2, 0.25) is 0 Å². The molecule has 4 aromatic rings. The Morgan fingerprint density at radius 2 is 1.68 bits per heavy atom. The first-order valence-corrected chi connectivity index (χ1v) is 13.9. The predicted molar refractivity (Wildman–Crippen MR) is 146 cm³/mol. The molecule has 0 bridgehead atoms. The Hall–Kier alpha value is -4.26. The van der Waals surface area contributed by atoms with Crippen LogP contribution < -0.4 is 15.4 Å². The van der Waals surface area contributed by atoms with Crippen LogP contribution in [0.25, 0.3) is 11.7 Å². The second kappa shape index (κ2) is 10.6. The third kappa shape index (κ3) is 4.96. The molecule has 5 rings (SSSR count). The van der Waals surface area contributed by atoms with Gasteiger partial charge in [-0.25, -0.2) is 13.4 Å². The first kappa shape index (κ1) is 25.4. The molecule has 2 aromatic heterocycles. The highest BCUT2D eigenvalue weighted by Gasteiger charge is 2.27. The molecule has 1 aliphatic rings. The normalized spacial score (nSPS) is 14.9. The lowest BCUT2D eigenvalue weighted by Crippen LogP contribution is -3.13. The number of quaternary nitrogens is 1. The molecule has 1 saturated heterocycles. The zero-order valence-corrected chi connectivity index (χ0v) is 21.9. The van der Waals surface area contributed by atoms with Crippen molar-refractivity contribution in [3.05, 3.63) is 111 Å². The minimum Gasteiger partial charge on any atom is -0.345 e. The third-order valence-corrected chi connectivity index (χ3v) is 8.54. The number of benzene rings is 2. The van der Waals surface area contributed by atoms with Crippen molar-refractivity contribution in [1.29, 1.82) is 5.26 Å². The fourth-order valence-electron chi connectivity index (χ4n) is 4.79. The number of allylic oxidation sites excluding steroid dienone is 1. The van der Waals surface area contributed by atoms with Crippen LogP contribution >= 0.6 is 0 Å². The first-order valence-electron chi connectivity index (χ1n) is 12.4. The van der Waals surface area contributed by atoms with Crippen molar-refractivity contribution < 1.29 is 13.3 Å². The molecule has 0 radical (unpaired) electrons. The number of nitrogens with zero attached hydrogens (tertiary/aromatic N) is 4. The summed E-state index contributed by atoms with van der Waals surface area (Å²) in [6.07, 6.45) is 2.80. The smallest absolute Gasteiger partial charge is 0.267 e. The number of sulfone groups is 1. The van der Waals surface area contributed by atoms with Gasteiger partial charge in [0.2, 0.25) is 9.84 Å². The number of hydrogen-bond donors (Lipinski definition) is 1. The SMILES string of the molecule is Cc1cccn2c(=O)c(/C=C(\C#N)S(=O)(=O)c3ccccc3)c(N3CC[NH+](Cc4ccccc4)CC3)nc12. The van der Waals surface area contributed by atoms with Gasteiger partial charge in [0.15, 0.2) is 0 Å². The maximum absolute atomic E-state index is 13.7. The molecular formula is C29H28N5O3S+. The third-order valence-electron chi connectivity index (χ3n) is 6.86. The van der Waals surface area contributed by atoms with Crippen LogP contribution in [0.15, 0.2) is 93.6 Å². The van der Waals surface area contributed by atoms with E-state index in [1.807, 2.05) is 42.2 Å². The van der Waals surface area contributed by atoms with Gasteiger partial charge in [-0.15, -0.1) is 0 Å². The zero-order valence-electron chi connectivity index (χ0n) is 21.0. The van der Waals surface area contributed by atoms with Crippen molar-refractivity contribution in [2.45, 2.75) is 18.4 Å². The van der Waals surface area contributed by atoms with E-state index in [1.54, 1.807) is 30.5 Å². The molecule has 1 aliphatic heterocycles. The number of nitriles is 1. The largest absolute Gasteiger partial charge is 0.345 e. The summed E-state index contributed by atoms with van der Waals surface area (Å²) in [4.78, 5) is 21.5. The number of aryl methyl sites for hydroxylation is 1. The number of aromatic nitrogens is 2. The molecule has 0 amide bonds. The van der Waals surface area contributed by atoms with E-state index in [4.69, 9.17) is 4.98 Å². The molecule has 38 heavy (non-hydrogen) atoms. The van der Waals surface area contributed by atoms with Crippen LogP contribution in [0, 0.1) is 18.3 Å². The van der Waals surface area contributed by atoms with E-state index in [2.05, 4.69) is 12.1 Å². The quantitative estimate of drug-likeness (QED) is 0.387. The van der Waals surface area contributed by atoms with Crippen molar-refractivity contribution in [1.82, 2.24) is 9.38 Å². The number of rotatable bonds is 6. The molecule has 9 heteroatoms. The van der Waals surface area contributed by atoms with Gasteiger partial charge in [0.05, 0.1) is 36.6 Å². The number of anilines is 1. The Balaban J connectivity index is 1.56. The van der Waals surface area contributed by atoms with Crippen molar-refractivity contribution in [3.63, 3.8) is 0 Å². The maximum atomic E-state index is 13.7. The van der Waals surface area contributed by atoms with Gasteiger partial charge in [0.1, 0.15) is 29.0 Å². The zero-order chi connectivity index (χ0) is 26.7. The minimum atomic E-state index is -4.12. The van der Waals surface area contributed by atoms with Crippen LogP contribution in [0.1, 0.15) is 16.7 Å². The summed E-state index contributed by atoms with van der Waals surface area (Å²) in [5.74, 6) is 0.402. The topological polar surface area (TPSA) is 100.0 Å². The fourth-order valence-corrected chi connectivity index (χ4v) is 5.95. The standard InChI is InChI=1S/C29H27N5O3S/c1-22-9-8-14-34-27(22)31-28(33-17-15-32(16-18-33)21-23-10-4-2-5-11-23)26(29(34)35)19-25(20-30)38(36,37)24-12-6-3-7-13-24/h2-14,19H,15-18,21H2,1H3/p+1/b25-19+. The van der Waals surface area contributed by atoms with Crippen LogP contribution in [-0.4, -0.2) is 44.0 Å². The first-order chi connectivity index (χ1) is 18.4. The Morgan fingerprint density at radius 1 is 1.03 bits per heavy atom. The predicted octanol–water partition coefficient (Wildman–Crippen LogP) is 2.25. The van der Waals surface area contributed by atoms with Gasteiger partial charge < -0.3 is 9.80 Å². The van der Waals surface area contributed by atoms with E-state index in [-0.39, 0.29) is 10.5 Å². The number of nitrogens with one attached hydrogen (secondary N) is 1. The fraction of sp³-hybridized carbons (Fsp3) is 0.207. The van der Waals surface area contributed by atoms with Crippen LogP contribution in [0.3, 0.4) is 0 Å². The highest BCUT2D eigenvalue weighted by molar-refractivity contribution is 7.95. The summed E-state index contributed by atoms with van der Waals surface area (Å²) in [6, 6.07) is 23.5. The number of pyridine rings is 1. The van der Waals surface area contributed by atoms with E-state index < -0.39 is 20.3 Å². The van der Waals surface area contributed by atoms with Crippen molar-refractivity contribution in [2.75, 3.05) is 31.1 Å². The number of piperazine rings is 1. The second-order valence-corrected chi connectivity index (χ2v) is 11.3. The van der Waals surface area contributed by atoms with E-state index in [9.17, 15) is 18.5 Å². The summed E-state index contributed by atoms with van der Waals surface area (Å²) in [5, 5.41) is 9.87. The molecule has 0 spiro atoms. The van der Waals surface area contributed by atoms with Gasteiger partial charge in [0, 0.05) is 11.8 Å². The van der Waals surface area contributed by atoms with Crippen LogP contribution in [0.5, 0.6) is 0 Å². The highest BCUT2D eigenvalue weighted by atomic mass is 32.2. The lowest BCUT2D eigenvalue weighted by molar-refractivity contribution is -0.914. The molecule has 192 valence electrons. The van der Waals surface area contributed by atoms with Gasteiger partial charge in [-0.2, -0.15) is 5.26 Å². The number of hydrogen-bond acceptors (Lipinski definition) is 6. The summed E-state index contributed by atoms with van der Waals surface area (Å²) >= 11 is 0. The average Bonchev–Trinajstić information content (AvgIpc) is 2.94. The monoisotopic (exact) mass is 526 g/mol. The molecule has 1 fully saturated rings. The lowest BCUT2D eigenvalue weighted by atomic mass is 10.2. The summed E-state index contributed by atoms with van der Waals surface area (Å²) < 4.78 is 27.9. The van der Waals surface area contributed by atoms with Gasteiger partial charge in [-0.05, 0) is 36.8 Å². The van der Waals surface area contributed by atoms with Crippen molar-refractivity contribution in [3.8, 4) is 6.07 Å². The summed E-state index contributed by atoms with van der Waals surface area (Å²) in [6.45, 7) is 5.74. The molecule has 1 N–H and O–H groups in total. The second-order valence-electron chi connectivity index (χ2n) is 9.38. The van der Waals surface area contributed by atoms with E-state index in [0.717, 1.165) is 25.2 Å². The molecule has 3 heterocycles. The van der Waals surface area contributed by atoms with Gasteiger partial charge >= 0.3 is 0 Å². The molecule has 2 aromatic carbocycles. The molecule has 0 saturated carbocycles. The van der Waals surface area contributed by atoms with Gasteiger partial charge in [0.25, 0.3) is 5.56 Å². The Labute approximate surface area is 221 Å². The molecular weight excluding hydrogens is 498 g/mol. The summed E-state index contributed by atoms with van der Waals surface area (Å²) in [5.41, 5.74) is 2.28. The molecule has 8 nitrogen and oxygen atoms in total. The molecule has 0 unspecified atom stereocenters. The highest BCUT2D eigenvalue weighted by Crippen LogP contribution is 2.25. The van der Waals surface area contributed by atoms with Gasteiger partial charge in [-0.3, -0.25) is 9.20 Å². The maximum Gasteiger partial charge on any atom is 0.267 e. The van der Waals surface area contributed by atoms with Crippen molar-refractivity contribution >= 4 is 27.4 Å². The number of fused-ring (bicyclic) bond motifs is 1. The van der Waals surface area contributed by atoms with Crippen LogP contribution in [-0.2, 0) is 16.4 Å². The van der Waals surface area contributed by atoms with E-state index >= 15 is 0 Å². The molecule has 0 atom stereocenters. The Morgan fingerprint density at radius 3 is 2.34 bits per heavy atom. The van der Waals surface area contributed by atoms with Crippen LogP contribution in [0.4, 0.5) is 5.82 Å². The minimum absolute atomic E-state index is 0.00262. The lowest BCUT2D eigenvalue weighted by Gasteiger charge is -2.33. The van der Waals surface area contributed by atoms with E-state index in [1.165, 1.54) is 33.1 Å².